The summed E-state index contributed by atoms with van der Waals surface area (Å²) in [6.45, 7) is 2.82. The Balaban J connectivity index is 1.40. The van der Waals surface area contributed by atoms with Crippen LogP contribution in [0.15, 0.2) is 30.3 Å². The van der Waals surface area contributed by atoms with Gasteiger partial charge in [-0.2, -0.15) is 5.10 Å². The minimum atomic E-state index is -0.332. The predicted molar refractivity (Wildman–Crippen MR) is 99.7 cm³/mol. The van der Waals surface area contributed by atoms with Crippen LogP contribution in [0.1, 0.15) is 33.8 Å². The van der Waals surface area contributed by atoms with E-state index in [0.717, 1.165) is 12.8 Å². The fraction of sp³-hybridized carbons (Fsp3) is 0.450. The van der Waals surface area contributed by atoms with E-state index in [4.69, 9.17) is 4.74 Å². The minimum Gasteiger partial charge on any atom is -0.493 e. The third-order valence-corrected chi connectivity index (χ3v) is 5.30. The van der Waals surface area contributed by atoms with Crippen molar-refractivity contribution in [2.45, 2.75) is 19.4 Å². The van der Waals surface area contributed by atoms with Gasteiger partial charge in [-0.05, 0) is 25.0 Å². The Labute approximate surface area is 162 Å². The fourth-order valence-electron chi connectivity index (χ4n) is 3.72. The zero-order chi connectivity index (χ0) is 19.7. The first-order valence-corrected chi connectivity index (χ1v) is 9.52. The maximum absolute atomic E-state index is 13.3. The van der Waals surface area contributed by atoms with E-state index in [1.54, 1.807) is 39.7 Å². The molecule has 2 aliphatic rings. The van der Waals surface area contributed by atoms with Crippen LogP contribution in [0.5, 0.6) is 5.75 Å². The Kier molecular flexibility index (Phi) is 5.02. The lowest BCUT2D eigenvalue weighted by Gasteiger charge is -2.32. The molecule has 1 aromatic carbocycles. The summed E-state index contributed by atoms with van der Waals surface area (Å²) < 4.78 is 20.6. The van der Waals surface area contributed by atoms with Gasteiger partial charge in [-0.15, -0.1) is 0 Å². The first kappa shape index (κ1) is 18.5. The molecule has 0 radical (unpaired) electrons. The van der Waals surface area contributed by atoms with E-state index in [2.05, 4.69) is 5.10 Å². The number of amides is 2. The molecule has 7 nitrogen and oxygen atoms in total. The van der Waals surface area contributed by atoms with Crippen LogP contribution in [0.4, 0.5) is 4.39 Å². The van der Waals surface area contributed by atoms with Gasteiger partial charge in [0, 0.05) is 44.7 Å². The molecule has 0 aliphatic carbocycles. The molecule has 3 heterocycles. The van der Waals surface area contributed by atoms with Crippen LogP contribution < -0.4 is 4.74 Å². The number of likely N-dealkylation sites (tertiary alicyclic amines) is 1. The molecule has 2 aliphatic heterocycles. The molecule has 4 rings (SSSR count). The van der Waals surface area contributed by atoms with Gasteiger partial charge in [-0.3, -0.25) is 14.3 Å². The molecular weight excluding hydrogens is 363 g/mol. The summed E-state index contributed by atoms with van der Waals surface area (Å²) in [5.41, 5.74) is 0.769. The number of ether oxygens (including phenoxy) is 1. The van der Waals surface area contributed by atoms with E-state index in [1.807, 2.05) is 0 Å². The molecule has 148 valence electrons. The molecule has 2 aromatic rings. The van der Waals surface area contributed by atoms with E-state index < -0.39 is 0 Å². The van der Waals surface area contributed by atoms with E-state index >= 15 is 0 Å². The summed E-state index contributed by atoms with van der Waals surface area (Å²) in [6, 6.07) is 7.66. The first-order chi connectivity index (χ1) is 13.5. The lowest BCUT2D eigenvalue weighted by atomic mass is 9.98. The topological polar surface area (TPSA) is 67.7 Å². The molecular formula is C20H23FN4O3. The second-order valence-corrected chi connectivity index (χ2v) is 7.39. The standard InChI is InChI=1S/C20H23FN4O3/c1-23-8-9-25-18(20(23)27)11-17(22-25)19(26)24-7-3-4-14(12-24)13-28-16-6-2-5-15(21)10-16/h2,5-6,10-11,14H,3-4,7-9,12-13H2,1H3. The van der Waals surface area contributed by atoms with Crippen molar-refractivity contribution in [3.05, 3.63) is 47.5 Å². The van der Waals surface area contributed by atoms with Gasteiger partial charge >= 0.3 is 0 Å². The maximum Gasteiger partial charge on any atom is 0.274 e. The van der Waals surface area contributed by atoms with Crippen molar-refractivity contribution >= 4 is 11.8 Å². The summed E-state index contributed by atoms with van der Waals surface area (Å²) >= 11 is 0. The molecule has 1 fully saturated rings. The zero-order valence-electron chi connectivity index (χ0n) is 15.8. The van der Waals surface area contributed by atoms with E-state index in [9.17, 15) is 14.0 Å². The number of aromatic nitrogens is 2. The lowest BCUT2D eigenvalue weighted by molar-refractivity contribution is 0.0625. The number of hydrogen-bond donors (Lipinski definition) is 0. The highest BCUT2D eigenvalue weighted by Crippen LogP contribution is 2.21. The van der Waals surface area contributed by atoms with Crippen molar-refractivity contribution in [1.82, 2.24) is 19.6 Å². The van der Waals surface area contributed by atoms with Gasteiger partial charge in [0.05, 0.1) is 13.2 Å². The van der Waals surface area contributed by atoms with Gasteiger partial charge in [0.2, 0.25) is 0 Å². The Morgan fingerprint density at radius 1 is 1.29 bits per heavy atom. The van der Waals surface area contributed by atoms with Gasteiger partial charge in [0.15, 0.2) is 5.69 Å². The molecule has 0 N–H and O–H groups in total. The molecule has 28 heavy (non-hydrogen) atoms. The van der Waals surface area contributed by atoms with Crippen LogP contribution in [0, 0.1) is 11.7 Å². The summed E-state index contributed by atoms with van der Waals surface area (Å²) in [5, 5.41) is 4.34. The van der Waals surface area contributed by atoms with E-state index in [1.165, 1.54) is 12.1 Å². The lowest BCUT2D eigenvalue weighted by Crippen LogP contribution is -2.41. The summed E-state index contributed by atoms with van der Waals surface area (Å²) in [5.74, 6) is 0.0614. The van der Waals surface area contributed by atoms with Gasteiger partial charge in [0.1, 0.15) is 17.3 Å². The quantitative estimate of drug-likeness (QED) is 0.807. The highest BCUT2D eigenvalue weighted by Gasteiger charge is 2.30. The highest BCUT2D eigenvalue weighted by atomic mass is 19.1. The third-order valence-electron chi connectivity index (χ3n) is 5.30. The van der Waals surface area contributed by atoms with Crippen LogP contribution in [0.3, 0.4) is 0 Å². The number of carbonyl (C=O) groups is 2. The minimum absolute atomic E-state index is 0.113. The molecule has 1 atom stereocenters. The highest BCUT2D eigenvalue weighted by molar-refractivity contribution is 5.98. The first-order valence-electron chi connectivity index (χ1n) is 9.52. The maximum atomic E-state index is 13.3. The molecule has 0 saturated carbocycles. The van der Waals surface area contributed by atoms with Crippen molar-refractivity contribution in [1.29, 1.82) is 0 Å². The van der Waals surface area contributed by atoms with Crippen LogP contribution in [0.2, 0.25) is 0 Å². The number of nitrogens with zero attached hydrogens (tertiary/aromatic N) is 4. The zero-order valence-corrected chi connectivity index (χ0v) is 15.8. The van der Waals surface area contributed by atoms with Crippen molar-refractivity contribution in [3.8, 4) is 5.75 Å². The average molecular weight is 386 g/mol. The number of benzene rings is 1. The Morgan fingerprint density at radius 3 is 2.96 bits per heavy atom. The van der Waals surface area contributed by atoms with Gasteiger partial charge in [-0.25, -0.2) is 4.39 Å². The molecule has 1 unspecified atom stereocenters. The number of piperidine rings is 1. The second-order valence-electron chi connectivity index (χ2n) is 7.39. The van der Waals surface area contributed by atoms with Gasteiger partial charge in [0.25, 0.3) is 11.8 Å². The normalized spacial score (nSPS) is 19.5. The van der Waals surface area contributed by atoms with Crippen molar-refractivity contribution in [2.24, 2.45) is 5.92 Å². The fourth-order valence-corrected chi connectivity index (χ4v) is 3.72. The van der Waals surface area contributed by atoms with Crippen molar-refractivity contribution in [2.75, 3.05) is 33.3 Å². The SMILES string of the molecule is CN1CCn2nc(C(=O)N3CCCC(COc4cccc(F)c4)C3)cc2C1=O. The molecule has 1 saturated heterocycles. The monoisotopic (exact) mass is 386 g/mol. The summed E-state index contributed by atoms with van der Waals surface area (Å²) in [4.78, 5) is 28.5. The number of likely N-dealkylation sites (N-methyl/N-ethyl adjacent to an activating group) is 1. The summed E-state index contributed by atoms with van der Waals surface area (Å²) in [7, 11) is 1.74. The van der Waals surface area contributed by atoms with E-state index in [0.29, 0.717) is 49.9 Å². The van der Waals surface area contributed by atoms with Crippen LogP contribution in [-0.4, -0.2) is 64.7 Å². The van der Waals surface area contributed by atoms with Crippen LogP contribution in [0.25, 0.3) is 0 Å². The molecule has 8 heteroatoms. The van der Waals surface area contributed by atoms with Crippen LogP contribution in [-0.2, 0) is 6.54 Å². The number of halogens is 1. The second kappa shape index (κ2) is 7.61. The Hall–Kier alpha value is -2.90. The van der Waals surface area contributed by atoms with E-state index in [-0.39, 0.29) is 23.5 Å². The average Bonchev–Trinajstić information content (AvgIpc) is 3.14. The Morgan fingerprint density at radius 2 is 2.14 bits per heavy atom. The van der Waals surface area contributed by atoms with Gasteiger partial charge < -0.3 is 14.5 Å². The number of fused-ring (bicyclic) bond motifs is 1. The number of rotatable bonds is 4. The smallest absolute Gasteiger partial charge is 0.274 e. The predicted octanol–water partition coefficient (Wildman–Crippen LogP) is 2.04. The van der Waals surface area contributed by atoms with Crippen LogP contribution >= 0.6 is 0 Å². The molecule has 0 bridgehead atoms. The molecule has 1 aromatic heterocycles. The molecule has 2 amide bonds. The number of carbonyl (C=O) groups excluding carboxylic acids is 2. The van der Waals surface area contributed by atoms with Crippen molar-refractivity contribution in [3.63, 3.8) is 0 Å². The molecule has 0 spiro atoms. The van der Waals surface area contributed by atoms with Crippen molar-refractivity contribution < 1.29 is 18.7 Å². The number of hydrogen-bond acceptors (Lipinski definition) is 4. The van der Waals surface area contributed by atoms with Gasteiger partial charge in [-0.1, -0.05) is 6.07 Å². The Bertz CT molecular complexity index is 897. The summed E-state index contributed by atoms with van der Waals surface area (Å²) in [6.07, 6.45) is 1.82. The largest absolute Gasteiger partial charge is 0.493 e. The third kappa shape index (κ3) is 3.72.